The van der Waals surface area contributed by atoms with Crippen LogP contribution in [0.25, 0.3) is 10.9 Å². The lowest BCUT2D eigenvalue weighted by molar-refractivity contribution is -0.142. The van der Waals surface area contributed by atoms with E-state index in [1.54, 1.807) is 25.3 Å². The maximum absolute atomic E-state index is 13.0. The number of ether oxygens (including phenoxy) is 1. The van der Waals surface area contributed by atoms with E-state index >= 15 is 0 Å². The summed E-state index contributed by atoms with van der Waals surface area (Å²) in [7, 11) is 1.54. The number of carbonyl (C=O) groups excluding carboxylic acids is 3. The van der Waals surface area contributed by atoms with Crippen LogP contribution < -0.4 is 20.7 Å². The number of hydrogen-bond donors (Lipinski definition) is 5. The lowest BCUT2D eigenvalue weighted by Gasteiger charge is -2.23. The van der Waals surface area contributed by atoms with Crippen molar-refractivity contribution in [2.45, 2.75) is 45.2 Å². The molecule has 10 nitrogen and oxygen atoms in total. The van der Waals surface area contributed by atoms with Crippen LogP contribution in [0.2, 0.25) is 0 Å². The Balaban J connectivity index is 1.74. The summed E-state index contributed by atoms with van der Waals surface area (Å²) in [4.78, 5) is 52.5. The summed E-state index contributed by atoms with van der Waals surface area (Å²) in [6, 6.07) is 4.87. The predicted molar refractivity (Wildman–Crippen MR) is 121 cm³/mol. The fourth-order valence-corrected chi connectivity index (χ4v) is 4.01. The first kappa shape index (κ1) is 24.1. The number of H-pyrrole nitrogens is 1. The molecule has 1 aromatic heterocycles. The van der Waals surface area contributed by atoms with Gasteiger partial charge in [-0.3, -0.25) is 14.4 Å². The molecule has 0 saturated carbocycles. The number of carboxylic acid groups (broad SMARTS) is 1. The molecule has 0 spiro atoms. The van der Waals surface area contributed by atoms with Crippen LogP contribution in [0, 0.1) is 11.8 Å². The smallest absolute Gasteiger partial charge is 0.326 e. The van der Waals surface area contributed by atoms with Crippen LogP contribution in [0.4, 0.5) is 0 Å². The number of aromatic nitrogens is 1. The Morgan fingerprint density at radius 3 is 2.58 bits per heavy atom. The molecule has 3 atom stereocenters. The number of amides is 3. The van der Waals surface area contributed by atoms with Crippen molar-refractivity contribution >= 4 is 34.6 Å². The van der Waals surface area contributed by atoms with Crippen LogP contribution in [-0.2, 0) is 14.4 Å². The maximum atomic E-state index is 13.0. The number of hydrogen-bond acceptors (Lipinski definition) is 5. The highest BCUT2D eigenvalue weighted by atomic mass is 16.5. The van der Waals surface area contributed by atoms with E-state index in [1.165, 1.54) is 0 Å². The molecular formula is C23H30N4O6. The quantitative estimate of drug-likeness (QED) is 0.363. The first-order chi connectivity index (χ1) is 15.7. The summed E-state index contributed by atoms with van der Waals surface area (Å²) in [6.07, 6.45) is 0.836. The van der Waals surface area contributed by atoms with Gasteiger partial charge in [-0.2, -0.15) is 0 Å². The summed E-state index contributed by atoms with van der Waals surface area (Å²) >= 11 is 0. The van der Waals surface area contributed by atoms with Crippen molar-refractivity contribution in [1.29, 1.82) is 0 Å². The molecule has 1 aliphatic rings. The Kier molecular flexibility index (Phi) is 7.57. The number of carbonyl (C=O) groups is 4. The van der Waals surface area contributed by atoms with Gasteiger partial charge >= 0.3 is 5.97 Å². The number of methoxy groups -OCH3 is 1. The van der Waals surface area contributed by atoms with E-state index < -0.39 is 35.8 Å². The van der Waals surface area contributed by atoms with E-state index in [-0.39, 0.29) is 23.9 Å². The summed E-state index contributed by atoms with van der Waals surface area (Å²) in [5, 5.41) is 18.2. The zero-order valence-electron chi connectivity index (χ0n) is 18.9. The highest BCUT2D eigenvalue weighted by molar-refractivity contribution is 6.01. The number of rotatable bonds is 10. The molecule has 10 heteroatoms. The minimum Gasteiger partial charge on any atom is -0.496 e. The molecule has 2 aromatic rings. The molecule has 0 aliphatic carbocycles. The van der Waals surface area contributed by atoms with E-state index in [2.05, 4.69) is 20.9 Å². The normalized spacial score (nSPS) is 17.5. The van der Waals surface area contributed by atoms with Gasteiger partial charge in [-0.1, -0.05) is 19.9 Å². The van der Waals surface area contributed by atoms with E-state index in [0.717, 1.165) is 5.39 Å². The number of aromatic amines is 1. The van der Waals surface area contributed by atoms with E-state index in [0.29, 0.717) is 30.7 Å². The van der Waals surface area contributed by atoms with Crippen molar-refractivity contribution in [3.8, 4) is 5.75 Å². The summed E-state index contributed by atoms with van der Waals surface area (Å²) < 4.78 is 5.32. The van der Waals surface area contributed by atoms with Gasteiger partial charge in [-0.25, -0.2) is 4.79 Å². The third-order valence-corrected chi connectivity index (χ3v) is 5.72. The number of fused-ring (bicyclic) bond motifs is 1. The van der Waals surface area contributed by atoms with Gasteiger partial charge in [0.25, 0.3) is 5.91 Å². The molecule has 3 rings (SSSR count). The minimum atomic E-state index is -1.23. The van der Waals surface area contributed by atoms with Crippen molar-refractivity contribution in [2.24, 2.45) is 11.8 Å². The second kappa shape index (κ2) is 10.4. The molecule has 1 aliphatic heterocycles. The lowest BCUT2D eigenvalue weighted by atomic mass is 9.97. The molecule has 3 amide bonds. The van der Waals surface area contributed by atoms with Gasteiger partial charge in [0, 0.05) is 23.4 Å². The van der Waals surface area contributed by atoms with Crippen LogP contribution in [0.3, 0.4) is 0 Å². The fraction of sp³-hybridized carbons (Fsp3) is 0.478. The zero-order valence-corrected chi connectivity index (χ0v) is 18.9. The summed E-state index contributed by atoms with van der Waals surface area (Å²) in [5.41, 5.74) is 0.971. The van der Waals surface area contributed by atoms with E-state index in [1.807, 2.05) is 19.9 Å². The highest BCUT2D eigenvalue weighted by Crippen LogP contribution is 2.26. The molecule has 1 aromatic carbocycles. The summed E-state index contributed by atoms with van der Waals surface area (Å²) in [5.74, 6) is -2.32. The van der Waals surface area contributed by atoms with Crippen LogP contribution in [-0.4, -0.2) is 59.5 Å². The van der Waals surface area contributed by atoms with Gasteiger partial charge in [0.15, 0.2) is 0 Å². The van der Waals surface area contributed by atoms with E-state index in [4.69, 9.17) is 4.74 Å². The molecule has 3 unspecified atom stereocenters. The molecule has 33 heavy (non-hydrogen) atoms. The van der Waals surface area contributed by atoms with Crippen LogP contribution in [0.15, 0.2) is 24.3 Å². The Morgan fingerprint density at radius 1 is 1.21 bits per heavy atom. The van der Waals surface area contributed by atoms with E-state index in [9.17, 15) is 24.3 Å². The standard InChI is InChI=1S/C23H30N4O6/c1-12(2)9-16(21(29)27-18(23(31)32)10-13-7-8-24-20(13)28)26-22(30)17-11-14-15(25-17)5-4-6-19(14)33-3/h4-6,11-13,16,18,25H,7-10H2,1-3H3,(H,24,28)(H,26,30)(H,27,29)(H,31,32). The average Bonchev–Trinajstić information content (AvgIpc) is 3.38. The monoisotopic (exact) mass is 458 g/mol. The first-order valence-electron chi connectivity index (χ1n) is 11.0. The Hall–Kier alpha value is -3.56. The van der Waals surface area contributed by atoms with Crippen molar-refractivity contribution < 1.29 is 29.0 Å². The van der Waals surface area contributed by atoms with Gasteiger partial charge in [0.05, 0.1) is 7.11 Å². The first-order valence-corrected chi connectivity index (χ1v) is 11.0. The van der Waals surface area contributed by atoms with Crippen molar-refractivity contribution in [1.82, 2.24) is 20.9 Å². The topological polar surface area (TPSA) is 150 Å². The van der Waals surface area contributed by atoms with Crippen LogP contribution in [0.5, 0.6) is 5.75 Å². The lowest BCUT2D eigenvalue weighted by Crippen LogP contribution is -2.52. The zero-order chi connectivity index (χ0) is 24.1. The SMILES string of the molecule is COc1cccc2[nH]c(C(=O)NC(CC(C)C)C(=O)NC(CC3CCNC3=O)C(=O)O)cc12. The number of aliphatic carboxylic acids is 1. The molecule has 1 saturated heterocycles. The predicted octanol–water partition coefficient (Wildman–Crippen LogP) is 1.42. The number of nitrogens with one attached hydrogen (secondary N) is 4. The van der Waals surface area contributed by atoms with Crippen molar-refractivity contribution in [2.75, 3.05) is 13.7 Å². The number of carboxylic acids is 1. The third kappa shape index (κ3) is 5.82. The van der Waals surface area contributed by atoms with Crippen LogP contribution in [0.1, 0.15) is 43.6 Å². The second-order valence-corrected chi connectivity index (χ2v) is 8.67. The van der Waals surface area contributed by atoms with Gasteiger partial charge in [0.1, 0.15) is 23.5 Å². The molecular weight excluding hydrogens is 428 g/mol. The molecule has 178 valence electrons. The van der Waals surface area contributed by atoms with Gasteiger partial charge in [-0.05, 0) is 43.4 Å². The molecule has 2 heterocycles. The van der Waals surface area contributed by atoms with Crippen molar-refractivity contribution in [3.63, 3.8) is 0 Å². The molecule has 1 fully saturated rings. The largest absolute Gasteiger partial charge is 0.496 e. The second-order valence-electron chi connectivity index (χ2n) is 8.67. The Labute approximate surface area is 191 Å². The minimum absolute atomic E-state index is 0.00291. The van der Waals surface area contributed by atoms with Gasteiger partial charge < -0.3 is 30.8 Å². The van der Waals surface area contributed by atoms with Gasteiger partial charge in [0.2, 0.25) is 11.8 Å². The Morgan fingerprint density at radius 2 is 1.97 bits per heavy atom. The van der Waals surface area contributed by atoms with Crippen molar-refractivity contribution in [3.05, 3.63) is 30.0 Å². The third-order valence-electron chi connectivity index (χ3n) is 5.72. The van der Waals surface area contributed by atoms with Gasteiger partial charge in [-0.15, -0.1) is 0 Å². The van der Waals surface area contributed by atoms with Crippen LogP contribution >= 0.6 is 0 Å². The molecule has 0 radical (unpaired) electrons. The Bertz CT molecular complexity index is 1050. The molecule has 0 bridgehead atoms. The highest BCUT2D eigenvalue weighted by Gasteiger charge is 2.33. The summed E-state index contributed by atoms with van der Waals surface area (Å²) in [6.45, 7) is 4.29. The average molecular weight is 459 g/mol. The molecule has 5 N–H and O–H groups in total. The number of benzene rings is 1. The fourth-order valence-electron chi connectivity index (χ4n) is 4.01. The maximum Gasteiger partial charge on any atom is 0.326 e.